The largest absolute Gasteiger partial charge is 0.457 e. The summed E-state index contributed by atoms with van der Waals surface area (Å²) in [6.45, 7) is 0.793. The van der Waals surface area contributed by atoms with Crippen molar-refractivity contribution in [1.82, 2.24) is 5.32 Å². The minimum Gasteiger partial charge on any atom is -0.457 e. The van der Waals surface area contributed by atoms with Gasteiger partial charge in [0.05, 0.1) is 0 Å². The highest BCUT2D eigenvalue weighted by molar-refractivity contribution is 5.94. The van der Waals surface area contributed by atoms with Crippen LogP contribution in [0.5, 0.6) is 11.5 Å². The van der Waals surface area contributed by atoms with Crippen molar-refractivity contribution in [2.45, 2.75) is 12.8 Å². The van der Waals surface area contributed by atoms with E-state index >= 15 is 0 Å². The Morgan fingerprint density at radius 1 is 1.00 bits per heavy atom. The summed E-state index contributed by atoms with van der Waals surface area (Å²) in [4.78, 5) is 11.9. The van der Waals surface area contributed by atoms with Crippen molar-refractivity contribution in [2.24, 2.45) is 5.92 Å². The number of para-hydroxylation sites is 1. The molecule has 1 aliphatic rings. The smallest absolute Gasteiger partial charge is 0.251 e. The molecule has 3 nitrogen and oxygen atoms in total. The lowest BCUT2D eigenvalue weighted by Gasteiger charge is -2.07. The molecule has 20 heavy (non-hydrogen) atoms. The number of carbonyl (C=O) groups excluding carboxylic acids is 1. The number of rotatable bonds is 5. The van der Waals surface area contributed by atoms with Crippen LogP contribution < -0.4 is 10.1 Å². The van der Waals surface area contributed by atoms with E-state index in [-0.39, 0.29) is 5.91 Å². The van der Waals surface area contributed by atoms with Crippen LogP contribution in [0.25, 0.3) is 0 Å². The Balaban J connectivity index is 1.60. The first-order valence-electron chi connectivity index (χ1n) is 6.92. The summed E-state index contributed by atoms with van der Waals surface area (Å²) in [5.41, 5.74) is 0.672. The van der Waals surface area contributed by atoms with Crippen molar-refractivity contribution in [3.05, 3.63) is 60.2 Å². The molecule has 1 fully saturated rings. The Morgan fingerprint density at radius 3 is 2.30 bits per heavy atom. The Hall–Kier alpha value is -2.29. The maximum absolute atomic E-state index is 11.9. The summed E-state index contributed by atoms with van der Waals surface area (Å²) in [6, 6.07) is 16.8. The molecule has 3 rings (SSSR count). The van der Waals surface area contributed by atoms with E-state index in [4.69, 9.17) is 4.74 Å². The lowest BCUT2D eigenvalue weighted by Crippen LogP contribution is -2.25. The second-order valence-corrected chi connectivity index (χ2v) is 5.09. The van der Waals surface area contributed by atoms with Gasteiger partial charge in [0.1, 0.15) is 11.5 Å². The van der Waals surface area contributed by atoms with Gasteiger partial charge in [-0.25, -0.2) is 0 Å². The lowest BCUT2D eigenvalue weighted by atomic mass is 10.2. The van der Waals surface area contributed by atoms with Crippen LogP contribution in [-0.4, -0.2) is 12.5 Å². The Kier molecular flexibility index (Phi) is 3.68. The van der Waals surface area contributed by atoms with Crippen LogP contribution in [0.15, 0.2) is 54.6 Å². The minimum absolute atomic E-state index is 0.0110. The molecule has 0 aliphatic heterocycles. The molecule has 0 spiro atoms. The minimum atomic E-state index is -0.0110. The molecule has 2 aromatic carbocycles. The molecule has 0 heterocycles. The van der Waals surface area contributed by atoms with Crippen molar-refractivity contribution in [1.29, 1.82) is 0 Å². The molecule has 3 heteroatoms. The number of ether oxygens (including phenoxy) is 1. The number of nitrogens with one attached hydrogen (secondary N) is 1. The third-order valence-electron chi connectivity index (χ3n) is 3.34. The van der Waals surface area contributed by atoms with E-state index in [1.165, 1.54) is 12.8 Å². The molecule has 102 valence electrons. The molecule has 0 aromatic heterocycles. The zero-order valence-corrected chi connectivity index (χ0v) is 11.2. The molecule has 1 amide bonds. The van der Waals surface area contributed by atoms with Crippen LogP contribution in [0.2, 0.25) is 0 Å². The van der Waals surface area contributed by atoms with E-state index in [1.54, 1.807) is 12.1 Å². The van der Waals surface area contributed by atoms with Gasteiger partial charge in [-0.2, -0.15) is 0 Å². The summed E-state index contributed by atoms with van der Waals surface area (Å²) in [6.07, 6.45) is 2.48. The summed E-state index contributed by atoms with van der Waals surface area (Å²) < 4.78 is 5.69. The normalized spacial score (nSPS) is 13.8. The molecular formula is C17H17NO2. The van der Waals surface area contributed by atoms with Gasteiger partial charge in [0, 0.05) is 12.1 Å². The van der Waals surface area contributed by atoms with Crippen molar-refractivity contribution in [2.75, 3.05) is 6.54 Å². The quantitative estimate of drug-likeness (QED) is 0.898. The van der Waals surface area contributed by atoms with Gasteiger partial charge < -0.3 is 10.1 Å². The summed E-state index contributed by atoms with van der Waals surface area (Å²) in [5, 5.41) is 2.95. The first-order chi connectivity index (χ1) is 9.81. The van der Waals surface area contributed by atoms with Crippen LogP contribution in [0, 0.1) is 5.92 Å². The maximum atomic E-state index is 11.9. The van der Waals surface area contributed by atoms with Crippen LogP contribution in [0.1, 0.15) is 23.2 Å². The third-order valence-corrected chi connectivity index (χ3v) is 3.34. The molecule has 1 N–H and O–H groups in total. The molecule has 1 saturated carbocycles. The zero-order valence-electron chi connectivity index (χ0n) is 11.2. The van der Waals surface area contributed by atoms with E-state index in [2.05, 4.69) is 5.32 Å². The lowest BCUT2D eigenvalue weighted by molar-refractivity contribution is 0.0952. The molecular weight excluding hydrogens is 250 g/mol. The van der Waals surface area contributed by atoms with Gasteiger partial charge in [-0.3, -0.25) is 4.79 Å². The topological polar surface area (TPSA) is 38.3 Å². The highest BCUT2D eigenvalue weighted by Crippen LogP contribution is 2.27. The number of benzene rings is 2. The standard InChI is InChI=1S/C17H17NO2/c19-17(18-12-13-6-7-13)14-8-10-16(11-9-14)20-15-4-2-1-3-5-15/h1-5,8-11,13H,6-7,12H2,(H,18,19). The average molecular weight is 267 g/mol. The molecule has 1 aliphatic carbocycles. The van der Waals surface area contributed by atoms with E-state index in [9.17, 15) is 4.79 Å². The third kappa shape index (κ3) is 3.38. The number of amides is 1. The van der Waals surface area contributed by atoms with Gasteiger partial charge in [-0.05, 0) is 55.2 Å². The van der Waals surface area contributed by atoms with Gasteiger partial charge in [0.2, 0.25) is 0 Å². The SMILES string of the molecule is O=C(NCC1CC1)c1ccc(Oc2ccccc2)cc1. The van der Waals surface area contributed by atoms with Gasteiger partial charge in [-0.15, -0.1) is 0 Å². The first kappa shape index (κ1) is 12.7. The second kappa shape index (κ2) is 5.78. The number of hydrogen-bond acceptors (Lipinski definition) is 2. The molecule has 0 radical (unpaired) electrons. The fourth-order valence-corrected chi connectivity index (χ4v) is 1.96. The van der Waals surface area contributed by atoms with Gasteiger partial charge in [-0.1, -0.05) is 18.2 Å². The van der Waals surface area contributed by atoms with Crippen molar-refractivity contribution in [3.63, 3.8) is 0 Å². The molecule has 0 atom stereocenters. The van der Waals surface area contributed by atoms with Gasteiger partial charge >= 0.3 is 0 Å². The predicted octanol–water partition coefficient (Wildman–Crippen LogP) is 3.62. The maximum Gasteiger partial charge on any atom is 0.251 e. The number of carbonyl (C=O) groups is 1. The van der Waals surface area contributed by atoms with Crippen molar-refractivity contribution < 1.29 is 9.53 Å². The van der Waals surface area contributed by atoms with Gasteiger partial charge in [0.25, 0.3) is 5.91 Å². The predicted molar refractivity (Wildman–Crippen MR) is 78.0 cm³/mol. The van der Waals surface area contributed by atoms with Crippen LogP contribution >= 0.6 is 0 Å². The van der Waals surface area contributed by atoms with Crippen LogP contribution in [0.4, 0.5) is 0 Å². The fourth-order valence-electron chi connectivity index (χ4n) is 1.96. The fraction of sp³-hybridized carbons (Fsp3) is 0.235. The molecule has 0 saturated heterocycles. The van der Waals surface area contributed by atoms with Crippen LogP contribution in [0.3, 0.4) is 0 Å². The van der Waals surface area contributed by atoms with E-state index in [0.29, 0.717) is 11.5 Å². The monoisotopic (exact) mass is 267 g/mol. The van der Waals surface area contributed by atoms with E-state index < -0.39 is 0 Å². The highest BCUT2D eigenvalue weighted by atomic mass is 16.5. The van der Waals surface area contributed by atoms with Crippen molar-refractivity contribution >= 4 is 5.91 Å². The first-order valence-corrected chi connectivity index (χ1v) is 6.92. The Bertz CT molecular complexity index is 574. The highest BCUT2D eigenvalue weighted by Gasteiger charge is 2.21. The zero-order chi connectivity index (χ0) is 13.8. The molecule has 0 unspecified atom stereocenters. The summed E-state index contributed by atoms with van der Waals surface area (Å²) in [5.74, 6) is 2.20. The number of hydrogen-bond donors (Lipinski definition) is 1. The Morgan fingerprint density at radius 2 is 1.65 bits per heavy atom. The van der Waals surface area contributed by atoms with Crippen LogP contribution in [-0.2, 0) is 0 Å². The Labute approximate surface area is 118 Å². The molecule has 0 bridgehead atoms. The van der Waals surface area contributed by atoms with Crippen molar-refractivity contribution in [3.8, 4) is 11.5 Å². The molecule has 2 aromatic rings. The summed E-state index contributed by atoms with van der Waals surface area (Å²) >= 11 is 0. The summed E-state index contributed by atoms with van der Waals surface area (Å²) in [7, 11) is 0. The van der Waals surface area contributed by atoms with Gasteiger partial charge in [0.15, 0.2) is 0 Å². The second-order valence-electron chi connectivity index (χ2n) is 5.09. The van der Waals surface area contributed by atoms with E-state index in [0.717, 1.165) is 18.0 Å². The average Bonchev–Trinajstić information content (AvgIpc) is 3.31. The van der Waals surface area contributed by atoms with E-state index in [1.807, 2.05) is 42.5 Å².